The van der Waals surface area contributed by atoms with Crippen LogP contribution in [0.5, 0.6) is 0 Å². The minimum Gasteiger partial charge on any atom is -0.369 e. The van der Waals surface area contributed by atoms with Crippen LogP contribution in [0.2, 0.25) is 5.02 Å². The number of nitrogen functional groups attached to an aromatic ring is 1. The largest absolute Gasteiger partial charge is 0.369 e. The van der Waals surface area contributed by atoms with Crippen LogP contribution in [0.25, 0.3) is 11.2 Å². The van der Waals surface area contributed by atoms with Gasteiger partial charge in [0.2, 0.25) is 5.95 Å². The molecule has 0 spiro atoms. The van der Waals surface area contributed by atoms with Gasteiger partial charge < -0.3 is 5.73 Å². The minimum absolute atomic E-state index is 0.475. The topological polar surface area (TPSA) is 56.7 Å². The molecular weight excluding hydrogens is 260 g/mol. The molecule has 2 N–H and O–H groups in total. The Hall–Kier alpha value is -2.07. The normalized spacial score (nSPS) is 11.1. The number of nitrogens with two attached hydrogens (primary N) is 1. The minimum atomic E-state index is 0.475. The second kappa shape index (κ2) is 4.55. The Labute approximate surface area is 115 Å². The molecule has 3 aromatic rings. The van der Waals surface area contributed by atoms with Crippen molar-refractivity contribution < 1.29 is 0 Å². The zero-order valence-electron chi connectivity index (χ0n) is 10.5. The van der Waals surface area contributed by atoms with Gasteiger partial charge in [-0.1, -0.05) is 23.7 Å². The standard InChI is InChI=1S/C14H13ClN4/c1-9-6-12-13(17-7-9)19(14(16)18-12)8-10-2-4-11(15)5-3-10/h2-7H,8H2,1H3,(H2,16,18). The molecule has 4 nitrogen and oxygen atoms in total. The highest BCUT2D eigenvalue weighted by Crippen LogP contribution is 2.19. The molecule has 19 heavy (non-hydrogen) atoms. The lowest BCUT2D eigenvalue weighted by Crippen LogP contribution is -2.05. The molecule has 0 aliphatic heterocycles. The van der Waals surface area contributed by atoms with E-state index < -0.39 is 0 Å². The number of benzene rings is 1. The summed E-state index contributed by atoms with van der Waals surface area (Å²) in [4.78, 5) is 8.75. The third kappa shape index (κ3) is 2.27. The quantitative estimate of drug-likeness (QED) is 0.780. The van der Waals surface area contributed by atoms with Crippen molar-refractivity contribution in [2.45, 2.75) is 13.5 Å². The van der Waals surface area contributed by atoms with Crippen molar-refractivity contribution in [2.24, 2.45) is 0 Å². The first kappa shape index (κ1) is 12.0. The predicted octanol–water partition coefficient (Wildman–Crippen LogP) is 3.02. The van der Waals surface area contributed by atoms with E-state index in [-0.39, 0.29) is 0 Å². The molecule has 5 heteroatoms. The molecule has 0 radical (unpaired) electrons. The summed E-state index contributed by atoms with van der Waals surface area (Å²) in [7, 11) is 0. The number of aryl methyl sites for hydroxylation is 1. The van der Waals surface area contributed by atoms with E-state index in [9.17, 15) is 0 Å². The van der Waals surface area contributed by atoms with Gasteiger partial charge in [-0.15, -0.1) is 0 Å². The summed E-state index contributed by atoms with van der Waals surface area (Å²) in [6.45, 7) is 2.62. The predicted molar refractivity (Wildman–Crippen MR) is 77.2 cm³/mol. The number of rotatable bonds is 2. The molecule has 1 aromatic carbocycles. The average Bonchev–Trinajstić information content (AvgIpc) is 2.68. The molecule has 2 aromatic heterocycles. The lowest BCUT2D eigenvalue weighted by atomic mass is 10.2. The number of imidazole rings is 1. The zero-order valence-corrected chi connectivity index (χ0v) is 11.2. The van der Waals surface area contributed by atoms with E-state index in [1.807, 2.05) is 48.0 Å². The molecule has 0 saturated carbocycles. The van der Waals surface area contributed by atoms with Gasteiger partial charge in [-0.2, -0.15) is 0 Å². The fraction of sp³-hybridized carbons (Fsp3) is 0.143. The lowest BCUT2D eigenvalue weighted by Gasteiger charge is -2.06. The number of nitrogens with zero attached hydrogens (tertiary/aromatic N) is 3. The molecule has 0 aliphatic carbocycles. The zero-order chi connectivity index (χ0) is 13.4. The van der Waals surface area contributed by atoms with E-state index in [1.165, 1.54) is 0 Å². The second-order valence-electron chi connectivity index (χ2n) is 4.54. The Bertz CT molecular complexity index is 731. The highest BCUT2D eigenvalue weighted by molar-refractivity contribution is 6.30. The second-order valence-corrected chi connectivity index (χ2v) is 4.97. The first-order valence-corrected chi connectivity index (χ1v) is 6.34. The molecule has 96 valence electrons. The van der Waals surface area contributed by atoms with Crippen molar-refractivity contribution in [2.75, 3.05) is 5.73 Å². The Kier molecular flexibility index (Phi) is 2.87. The van der Waals surface area contributed by atoms with Crippen molar-refractivity contribution >= 4 is 28.7 Å². The van der Waals surface area contributed by atoms with Crippen LogP contribution in [-0.4, -0.2) is 14.5 Å². The molecular formula is C14H13ClN4. The van der Waals surface area contributed by atoms with E-state index in [0.29, 0.717) is 12.5 Å². The molecule has 0 fully saturated rings. The fourth-order valence-electron chi connectivity index (χ4n) is 2.06. The van der Waals surface area contributed by atoms with Gasteiger partial charge in [-0.3, -0.25) is 4.57 Å². The van der Waals surface area contributed by atoms with Gasteiger partial charge >= 0.3 is 0 Å². The maximum atomic E-state index is 5.97. The lowest BCUT2D eigenvalue weighted by molar-refractivity contribution is 0.827. The van der Waals surface area contributed by atoms with Crippen LogP contribution in [0.1, 0.15) is 11.1 Å². The summed E-state index contributed by atoms with van der Waals surface area (Å²) in [5, 5.41) is 0.723. The smallest absolute Gasteiger partial charge is 0.202 e. The highest BCUT2D eigenvalue weighted by Gasteiger charge is 2.09. The van der Waals surface area contributed by atoms with Crippen LogP contribution in [0, 0.1) is 6.92 Å². The third-order valence-electron chi connectivity index (χ3n) is 3.01. The van der Waals surface area contributed by atoms with Gasteiger partial charge in [-0.25, -0.2) is 9.97 Å². The SMILES string of the molecule is Cc1cnc2c(c1)nc(N)n2Cc1ccc(Cl)cc1. The van der Waals surface area contributed by atoms with Gasteiger partial charge in [0.15, 0.2) is 5.65 Å². The molecule has 0 aliphatic rings. The van der Waals surface area contributed by atoms with Gasteiger partial charge in [-0.05, 0) is 36.2 Å². The number of aromatic nitrogens is 3. The first-order chi connectivity index (χ1) is 9.13. The summed E-state index contributed by atoms with van der Waals surface area (Å²) in [6.07, 6.45) is 1.82. The molecule has 0 amide bonds. The van der Waals surface area contributed by atoms with Crippen molar-refractivity contribution in [1.29, 1.82) is 0 Å². The number of pyridine rings is 1. The van der Waals surface area contributed by atoms with Gasteiger partial charge in [0, 0.05) is 11.2 Å². The first-order valence-electron chi connectivity index (χ1n) is 5.96. The van der Waals surface area contributed by atoms with E-state index in [2.05, 4.69) is 9.97 Å². The van der Waals surface area contributed by atoms with Gasteiger partial charge in [0.1, 0.15) is 5.52 Å². The van der Waals surface area contributed by atoms with Crippen LogP contribution >= 0.6 is 11.6 Å². The van der Waals surface area contributed by atoms with Crippen LogP contribution < -0.4 is 5.73 Å². The van der Waals surface area contributed by atoms with E-state index in [0.717, 1.165) is 27.3 Å². The van der Waals surface area contributed by atoms with Crippen molar-refractivity contribution in [3.8, 4) is 0 Å². The molecule has 0 unspecified atom stereocenters. The molecule has 0 saturated heterocycles. The van der Waals surface area contributed by atoms with Crippen molar-refractivity contribution in [3.63, 3.8) is 0 Å². The highest BCUT2D eigenvalue weighted by atomic mass is 35.5. The fourth-order valence-corrected chi connectivity index (χ4v) is 2.18. The van der Waals surface area contributed by atoms with Crippen molar-refractivity contribution in [1.82, 2.24) is 14.5 Å². The van der Waals surface area contributed by atoms with E-state index >= 15 is 0 Å². The van der Waals surface area contributed by atoms with E-state index in [1.54, 1.807) is 0 Å². The summed E-state index contributed by atoms with van der Waals surface area (Å²) in [5.74, 6) is 0.475. The van der Waals surface area contributed by atoms with Crippen LogP contribution in [0.4, 0.5) is 5.95 Å². The van der Waals surface area contributed by atoms with Crippen LogP contribution in [0.3, 0.4) is 0 Å². The number of hydrogen-bond donors (Lipinski definition) is 1. The van der Waals surface area contributed by atoms with Crippen LogP contribution in [0.15, 0.2) is 36.5 Å². The van der Waals surface area contributed by atoms with Gasteiger partial charge in [0.25, 0.3) is 0 Å². The average molecular weight is 273 g/mol. The third-order valence-corrected chi connectivity index (χ3v) is 3.26. The van der Waals surface area contributed by atoms with Gasteiger partial charge in [0.05, 0.1) is 6.54 Å². The molecule has 2 heterocycles. The molecule has 0 bridgehead atoms. The van der Waals surface area contributed by atoms with Crippen molar-refractivity contribution in [3.05, 3.63) is 52.7 Å². The Balaban J connectivity index is 2.05. The summed E-state index contributed by atoms with van der Waals surface area (Å²) >= 11 is 5.88. The van der Waals surface area contributed by atoms with Crippen LogP contribution in [-0.2, 0) is 6.54 Å². The summed E-state index contributed by atoms with van der Waals surface area (Å²) in [5.41, 5.74) is 9.78. The summed E-state index contributed by atoms with van der Waals surface area (Å²) < 4.78 is 1.90. The number of hydrogen-bond acceptors (Lipinski definition) is 3. The molecule has 0 atom stereocenters. The Morgan fingerprint density at radius 3 is 2.74 bits per heavy atom. The monoisotopic (exact) mass is 272 g/mol. The number of fused-ring (bicyclic) bond motifs is 1. The number of anilines is 1. The maximum Gasteiger partial charge on any atom is 0.202 e. The number of halogens is 1. The molecule has 3 rings (SSSR count). The maximum absolute atomic E-state index is 5.97. The van der Waals surface area contributed by atoms with E-state index in [4.69, 9.17) is 17.3 Å². The summed E-state index contributed by atoms with van der Waals surface area (Å²) in [6, 6.07) is 9.66. The Morgan fingerprint density at radius 1 is 1.26 bits per heavy atom. The Morgan fingerprint density at radius 2 is 2.00 bits per heavy atom.